The van der Waals surface area contributed by atoms with Gasteiger partial charge in [0.2, 0.25) is 11.9 Å². The SMILES string of the molecule is CC(=O)N1CCN(c2ccnc(NCc3ccc(C)cc3)n2)CC1. The molecule has 1 aromatic heterocycles. The van der Waals surface area contributed by atoms with Crippen LogP contribution in [0.2, 0.25) is 0 Å². The third kappa shape index (κ3) is 4.01. The molecule has 3 rings (SSSR count). The number of hydrogen-bond acceptors (Lipinski definition) is 5. The van der Waals surface area contributed by atoms with E-state index in [2.05, 4.69) is 51.4 Å². The van der Waals surface area contributed by atoms with E-state index in [-0.39, 0.29) is 5.91 Å². The Morgan fingerprint density at radius 3 is 2.50 bits per heavy atom. The van der Waals surface area contributed by atoms with Gasteiger partial charge in [-0.25, -0.2) is 4.98 Å². The molecule has 126 valence electrons. The molecule has 6 nitrogen and oxygen atoms in total. The number of piperazine rings is 1. The van der Waals surface area contributed by atoms with Gasteiger partial charge in [-0.3, -0.25) is 4.79 Å². The standard InChI is InChI=1S/C18H23N5O/c1-14-3-5-16(6-4-14)13-20-18-19-8-7-17(21-18)23-11-9-22(10-12-23)15(2)24/h3-8H,9-13H2,1-2H3,(H,19,20,21). The van der Waals surface area contributed by atoms with Crippen LogP contribution < -0.4 is 10.2 Å². The zero-order chi connectivity index (χ0) is 16.9. The van der Waals surface area contributed by atoms with Crippen LogP contribution in [0, 0.1) is 6.92 Å². The lowest BCUT2D eigenvalue weighted by Crippen LogP contribution is -2.48. The Morgan fingerprint density at radius 1 is 1.12 bits per heavy atom. The molecule has 1 N–H and O–H groups in total. The average Bonchev–Trinajstić information content (AvgIpc) is 2.61. The maximum atomic E-state index is 11.4. The molecule has 1 amide bonds. The molecule has 2 aromatic rings. The van der Waals surface area contributed by atoms with Crippen LogP contribution in [0.25, 0.3) is 0 Å². The van der Waals surface area contributed by atoms with Gasteiger partial charge in [0.25, 0.3) is 0 Å². The first-order chi connectivity index (χ1) is 11.6. The van der Waals surface area contributed by atoms with Crippen LogP contribution in [-0.2, 0) is 11.3 Å². The highest BCUT2D eigenvalue weighted by Gasteiger charge is 2.19. The Balaban J connectivity index is 1.60. The minimum absolute atomic E-state index is 0.137. The van der Waals surface area contributed by atoms with Crippen molar-refractivity contribution in [3.05, 3.63) is 47.7 Å². The Morgan fingerprint density at radius 2 is 1.83 bits per heavy atom. The summed E-state index contributed by atoms with van der Waals surface area (Å²) < 4.78 is 0. The van der Waals surface area contributed by atoms with Gasteiger partial charge in [-0.15, -0.1) is 0 Å². The largest absolute Gasteiger partial charge is 0.353 e. The Kier molecular flexibility index (Phi) is 4.93. The Bertz CT molecular complexity index is 693. The van der Waals surface area contributed by atoms with Crippen LogP contribution in [0.15, 0.2) is 36.5 Å². The van der Waals surface area contributed by atoms with Crippen LogP contribution in [0.4, 0.5) is 11.8 Å². The number of aryl methyl sites for hydroxylation is 1. The molecule has 2 heterocycles. The van der Waals surface area contributed by atoms with Crippen molar-refractivity contribution in [1.29, 1.82) is 0 Å². The van der Waals surface area contributed by atoms with E-state index in [4.69, 9.17) is 0 Å². The smallest absolute Gasteiger partial charge is 0.224 e. The predicted molar refractivity (Wildman–Crippen MR) is 95.0 cm³/mol. The third-order valence-electron chi connectivity index (χ3n) is 4.26. The van der Waals surface area contributed by atoms with Gasteiger partial charge < -0.3 is 15.1 Å². The maximum absolute atomic E-state index is 11.4. The highest BCUT2D eigenvalue weighted by Crippen LogP contribution is 2.15. The Labute approximate surface area is 142 Å². The van der Waals surface area contributed by atoms with E-state index < -0.39 is 0 Å². The van der Waals surface area contributed by atoms with E-state index >= 15 is 0 Å². The highest BCUT2D eigenvalue weighted by atomic mass is 16.2. The fraction of sp³-hybridized carbons (Fsp3) is 0.389. The van der Waals surface area contributed by atoms with Gasteiger partial charge in [-0.2, -0.15) is 4.98 Å². The minimum atomic E-state index is 0.137. The number of nitrogens with one attached hydrogen (secondary N) is 1. The summed E-state index contributed by atoms with van der Waals surface area (Å²) in [6.45, 7) is 7.48. The van der Waals surface area contributed by atoms with Crippen LogP contribution in [0.5, 0.6) is 0 Å². The first-order valence-electron chi connectivity index (χ1n) is 8.25. The van der Waals surface area contributed by atoms with Crippen molar-refractivity contribution >= 4 is 17.7 Å². The predicted octanol–water partition coefficient (Wildman–Crippen LogP) is 2.07. The van der Waals surface area contributed by atoms with Crippen molar-refractivity contribution in [2.24, 2.45) is 0 Å². The molecule has 1 fully saturated rings. The number of rotatable bonds is 4. The molecule has 0 aliphatic carbocycles. The molecule has 1 aliphatic rings. The molecule has 0 bridgehead atoms. The monoisotopic (exact) mass is 325 g/mol. The van der Waals surface area contributed by atoms with Crippen molar-refractivity contribution in [2.45, 2.75) is 20.4 Å². The van der Waals surface area contributed by atoms with Crippen molar-refractivity contribution < 1.29 is 4.79 Å². The molecule has 1 aliphatic heterocycles. The molecule has 0 saturated carbocycles. The molecule has 1 aromatic carbocycles. The van der Waals surface area contributed by atoms with Crippen molar-refractivity contribution in [3.8, 4) is 0 Å². The Hall–Kier alpha value is -2.63. The van der Waals surface area contributed by atoms with Crippen molar-refractivity contribution in [2.75, 3.05) is 36.4 Å². The summed E-state index contributed by atoms with van der Waals surface area (Å²) in [7, 11) is 0. The van der Waals surface area contributed by atoms with E-state index in [0.29, 0.717) is 12.5 Å². The molecular formula is C18H23N5O. The summed E-state index contributed by atoms with van der Waals surface area (Å²) in [5, 5.41) is 3.27. The summed E-state index contributed by atoms with van der Waals surface area (Å²) in [6.07, 6.45) is 1.77. The molecule has 0 spiro atoms. The van der Waals surface area contributed by atoms with Crippen molar-refractivity contribution in [3.63, 3.8) is 0 Å². The topological polar surface area (TPSA) is 61.4 Å². The van der Waals surface area contributed by atoms with E-state index in [0.717, 1.165) is 32.0 Å². The van der Waals surface area contributed by atoms with Gasteiger partial charge in [-0.1, -0.05) is 29.8 Å². The number of hydrogen-bond donors (Lipinski definition) is 1. The number of nitrogens with zero attached hydrogens (tertiary/aromatic N) is 4. The van der Waals surface area contributed by atoms with Crippen LogP contribution in [0.3, 0.4) is 0 Å². The average molecular weight is 325 g/mol. The van der Waals surface area contributed by atoms with Gasteiger partial charge in [0, 0.05) is 45.8 Å². The maximum Gasteiger partial charge on any atom is 0.224 e. The fourth-order valence-corrected chi connectivity index (χ4v) is 2.75. The summed E-state index contributed by atoms with van der Waals surface area (Å²) in [5.41, 5.74) is 2.45. The number of benzene rings is 1. The molecule has 0 atom stereocenters. The van der Waals surface area contributed by atoms with Crippen LogP contribution in [0.1, 0.15) is 18.1 Å². The first-order valence-corrected chi connectivity index (χ1v) is 8.25. The van der Waals surface area contributed by atoms with E-state index in [9.17, 15) is 4.79 Å². The van der Waals surface area contributed by atoms with Gasteiger partial charge in [0.15, 0.2) is 0 Å². The van der Waals surface area contributed by atoms with Gasteiger partial charge in [-0.05, 0) is 18.6 Å². The highest BCUT2D eigenvalue weighted by molar-refractivity contribution is 5.73. The molecule has 0 radical (unpaired) electrons. The third-order valence-corrected chi connectivity index (χ3v) is 4.26. The number of carbonyl (C=O) groups excluding carboxylic acids is 1. The second-order valence-electron chi connectivity index (χ2n) is 6.07. The zero-order valence-electron chi connectivity index (χ0n) is 14.2. The fourth-order valence-electron chi connectivity index (χ4n) is 2.75. The number of aromatic nitrogens is 2. The number of anilines is 2. The van der Waals surface area contributed by atoms with E-state index in [1.54, 1.807) is 13.1 Å². The van der Waals surface area contributed by atoms with E-state index in [1.165, 1.54) is 11.1 Å². The zero-order valence-corrected chi connectivity index (χ0v) is 14.2. The molecular weight excluding hydrogens is 302 g/mol. The first kappa shape index (κ1) is 16.2. The second-order valence-corrected chi connectivity index (χ2v) is 6.07. The number of amides is 1. The lowest BCUT2D eigenvalue weighted by atomic mass is 10.1. The molecule has 0 unspecified atom stereocenters. The summed E-state index contributed by atoms with van der Waals surface area (Å²) in [5.74, 6) is 1.67. The van der Waals surface area contributed by atoms with Gasteiger partial charge in [0.1, 0.15) is 5.82 Å². The minimum Gasteiger partial charge on any atom is -0.353 e. The molecule has 24 heavy (non-hydrogen) atoms. The van der Waals surface area contributed by atoms with Crippen LogP contribution >= 0.6 is 0 Å². The second kappa shape index (κ2) is 7.29. The van der Waals surface area contributed by atoms with Crippen LogP contribution in [-0.4, -0.2) is 47.0 Å². The van der Waals surface area contributed by atoms with Crippen molar-refractivity contribution in [1.82, 2.24) is 14.9 Å². The summed E-state index contributed by atoms with van der Waals surface area (Å²) in [4.78, 5) is 24.4. The summed E-state index contributed by atoms with van der Waals surface area (Å²) in [6, 6.07) is 10.3. The van der Waals surface area contributed by atoms with Gasteiger partial charge >= 0.3 is 0 Å². The number of carbonyl (C=O) groups is 1. The molecule has 6 heteroatoms. The molecule has 1 saturated heterocycles. The summed E-state index contributed by atoms with van der Waals surface area (Å²) >= 11 is 0. The van der Waals surface area contributed by atoms with Gasteiger partial charge in [0.05, 0.1) is 0 Å². The quantitative estimate of drug-likeness (QED) is 0.932. The lowest BCUT2D eigenvalue weighted by molar-refractivity contribution is -0.129. The van der Waals surface area contributed by atoms with E-state index in [1.807, 2.05) is 11.0 Å². The normalized spacial score (nSPS) is 14.6. The lowest BCUT2D eigenvalue weighted by Gasteiger charge is -2.34.